The van der Waals surface area contributed by atoms with Gasteiger partial charge in [0, 0.05) is 13.0 Å². The molecule has 148 valence electrons. The third kappa shape index (κ3) is 2.66. The highest BCUT2D eigenvalue weighted by atomic mass is 16.5. The van der Waals surface area contributed by atoms with Gasteiger partial charge in [0.15, 0.2) is 0 Å². The molecule has 4 nitrogen and oxygen atoms in total. The van der Waals surface area contributed by atoms with Crippen LogP contribution in [0.25, 0.3) is 0 Å². The smallest absolute Gasteiger partial charge is 0.302 e. The minimum absolute atomic E-state index is 0.126. The zero-order valence-corrected chi connectivity index (χ0v) is 17.0. The van der Waals surface area contributed by atoms with Crippen LogP contribution < -0.4 is 5.32 Å². The van der Waals surface area contributed by atoms with Crippen molar-refractivity contribution in [1.29, 1.82) is 0 Å². The highest BCUT2D eigenvalue weighted by molar-refractivity contribution is 5.66. The molecule has 4 saturated carbocycles. The molecule has 0 radical (unpaired) electrons. The fourth-order valence-electron chi connectivity index (χ4n) is 8.10. The Hall–Kier alpha value is -0.610. The van der Waals surface area contributed by atoms with Crippen molar-refractivity contribution < 1.29 is 14.6 Å². The van der Waals surface area contributed by atoms with Gasteiger partial charge < -0.3 is 15.2 Å². The van der Waals surface area contributed by atoms with E-state index in [4.69, 9.17) is 4.74 Å². The maximum absolute atomic E-state index is 11.4. The standard InChI is InChI=1S/C22H37NO3/c1-13(24)26-15-7-9-21(2)14(11-15)5-6-16-17(21)8-10-22(3)18(16)12-19(25)20(22)23-4/h14-20,23,25H,5-12H2,1-4H3/t14?,15?,16-,17-,18+,19?,20?,21+,22+/m1/s1. The lowest BCUT2D eigenvalue weighted by atomic mass is 9.45. The van der Waals surface area contributed by atoms with Crippen molar-refractivity contribution in [2.24, 2.45) is 34.5 Å². The summed E-state index contributed by atoms with van der Waals surface area (Å²) >= 11 is 0. The second-order valence-electron chi connectivity index (χ2n) is 10.3. The predicted octanol–water partition coefficient (Wildman–Crippen LogP) is 3.52. The van der Waals surface area contributed by atoms with Gasteiger partial charge in [-0.1, -0.05) is 13.8 Å². The van der Waals surface area contributed by atoms with Gasteiger partial charge in [0.25, 0.3) is 0 Å². The molecule has 4 heteroatoms. The molecule has 0 aliphatic heterocycles. The molecule has 0 spiro atoms. The summed E-state index contributed by atoms with van der Waals surface area (Å²) in [5, 5.41) is 14.1. The molecule has 0 aromatic rings. The molecule has 0 aromatic carbocycles. The predicted molar refractivity (Wildman–Crippen MR) is 102 cm³/mol. The van der Waals surface area contributed by atoms with Crippen LogP contribution in [0, 0.1) is 34.5 Å². The van der Waals surface area contributed by atoms with E-state index in [2.05, 4.69) is 19.2 Å². The lowest BCUT2D eigenvalue weighted by Crippen LogP contribution is -2.56. The van der Waals surface area contributed by atoms with E-state index in [1.807, 2.05) is 7.05 Å². The molecule has 26 heavy (non-hydrogen) atoms. The first-order chi connectivity index (χ1) is 12.3. The van der Waals surface area contributed by atoms with Crippen LogP contribution in [0.5, 0.6) is 0 Å². The number of hydrogen-bond acceptors (Lipinski definition) is 4. The number of likely N-dealkylation sites (N-methyl/N-ethyl adjacent to an activating group) is 1. The first-order valence-electron chi connectivity index (χ1n) is 10.8. The van der Waals surface area contributed by atoms with Gasteiger partial charge in [-0.05, 0) is 92.9 Å². The largest absolute Gasteiger partial charge is 0.463 e. The second-order valence-corrected chi connectivity index (χ2v) is 10.3. The average molecular weight is 364 g/mol. The van der Waals surface area contributed by atoms with Crippen LogP contribution in [0.1, 0.15) is 72.1 Å². The second kappa shape index (κ2) is 6.48. The highest BCUT2D eigenvalue weighted by Gasteiger charge is 2.62. The molecule has 9 atom stereocenters. The molecular weight excluding hydrogens is 326 g/mol. The molecule has 4 rings (SSSR count). The third-order valence-electron chi connectivity index (χ3n) is 9.29. The van der Waals surface area contributed by atoms with Crippen molar-refractivity contribution in [3.63, 3.8) is 0 Å². The molecule has 4 fully saturated rings. The van der Waals surface area contributed by atoms with Crippen molar-refractivity contribution in [1.82, 2.24) is 5.32 Å². The summed E-state index contributed by atoms with van der Waals surface area (Å²) in [5.41, 5.74) is 0.636. The fraction of sp³-hybridized carbons (Fsp3) is 0.955. The first-order valence-corrected chi connectivity index (χ1v) is 10.8. The molecule has 4 aliphatic rings. The fourth-order valence-corrected chi connectivity index (χ4v) is 8.10. The number of carbonyl (C=O) groups is 1. The summed E-state index contributed by atoms with van der Waals surface area (Å²) in [7, 11) is 2.02. The zero-order chi connectivity index (χ0) is 18.7. The van der Waals surface area contributed by atoms with E-state index < -0.39 is 0 Å². The number of rotatable bonds is 2. The number of carbonyl (C=O) groups excluding carboxylic acids is 1. The summed E-state index contributed by atoms with van der Waals surface area (Å²) < 4.78 is 5.57. The van der Waals surface area contributed by atoms with E-state index in [-0.39, 0.29) is 29.6 Å². The molecule has 0 aromatic heterocycles. The number of hydrogen-bond donors (Lipinski definition) is 2. The third-order valence-corrected chi connectivity index (χ3v) is 9.29. The Morgan fingerprint density at radius 3 is 2.46 bits per heavy atom. The van der Waals surface area contributed by atoms with Crippen LogP contribution in [0.2, 0.25) is 0 Å². The SMILES string of the molecule is CNC1C(O)C[C@H]2[C@@H]3CCC4CC(OC(C)=O)CC[C@]4(C)[C@@H]3CC[C@]12C. The van der Waals surface area contributed by atoms with Gasteiger partial charge in [0.1, 0.15) is 6.10 Å². The van der Waals surface area contributed by atoms with Crippen LogP contribution in [-0.4, -0.2) is 36.4 Å². The molecule has 4 unspecified atom stereocenters. The molecule has 4 aliphatic carbocycles. The highest BCUT2D eigenvalue weighted by Crippen LogP contribution is 2.66. The summed E-state index contributed by atoms with van der Waals surface area (Å²) in [6.45, 7) is 6.50. The van der Waals surface area contributed by atoms with Gasteiger partial charge >= 0.3 is 5.97 Å². The number of aliphatic hydroxyl groups is 1. The Morgan fingerprint density at radius 2 is 1.77 bits per heavy atom. The van der Waals surface area contributed by atoms with Crippen molar-refractivity contribution in [3.05, 3.63) is 0 Å². The summed E-state index contributed by atoms with van der Waals surface area (Å²) in [5.74, 6) is 2.75. The monoisotopic (exact) mass is 363 g/mol. The van der Waals surface area contributed by atoms with Crippen molar-refractivity contribution in [2.75, 3.05) is 7.05 Å². The average Bonchev–Trinajstić information content (AvgIpc) is 2.84. The molecule has 0 heterocycles. The van der Waals surface area contributed by atoms with Crippen LogP contribution in [0.4, 0.5) is 0 Å². The summed E-state index contributed by atoms with van der Waals surface area (Å²) in [4.78, 5) is 11.4. The Morgan fingerprint density at radius 1 is 1.04 bits per heavy atom. The lowest BCUT2D eigenvalue weighted by Gasteiger charge is -2.61. The molecule has 2 N–H and O–H groups in total. The van der Waals surface area contributed by atoms with Gasteiger partial charge in [-0.15, -0.1) is 0 Å². The van der Waals surface area contributed by atoms with E-state index in [1.54, 1.807) is 0 Å². The minimum Gasteiger partial charge on any atom is -0.463 e. The summed E-state index contributed by atoms with van der Waals surface area (Å²) in [6.07, 6.45) is 9.28. The Labute approximate surface area is 158 Å². The van der Waals surface area contributed by atoms with E-state index in [1.165, 1.54) is 39.0 Å². The molecule has 0 bridgehead atoms. The van der Waals surface area contributed by atoms with E-state index in [9.17, 15) is 9.90 Å². The van der Waals surface area contributed by atoms with Gasteiger partial charge in [0.2, 0.25) is 0 Å². The quantitative estimate of drug-likeness (QED) is 0.737. The molecular formula is C22H37NO3. The maximum atomic E-state index is 11.4. The Kier molecular flexibility index (Phi) is 4.67. The zero-order valence-electron chi connectivity index (χ0n) is 17.0. The van der Waals surface area contributed by atoms with E-state index in [0.29, 0.717) is 17.3 Å². The van der Waals surface area contributed by atoms with Crippen LogP contribution in [0.15, 0.2) is 0 Å². The van der Waals surface area contributed by atoms with E-state index in [0.717, 1.165) is 31.1 Å². The van der Waals surface area contributed by atoms with Crippen LogP contribution in [0.3, 0.4) is 0 Å². The Balaban J connectivity index is 1.54. The molecule has 0 saturated heterocycles. The van der Waals surface area contributed by atoms with Crippen molar-refractivity contribution >= 4 is 5.97 Å². The number of esters is 1. The van der Waals surface area contributed by atoms with Gasteiger partial charge in [-0.3, -0.25) is 4.79 Å². The minimum atomic E-state index is -0.195. The first kappa shape index (κ1) is 18.7. The van der Waals surface area contributed by atoms with Crippen LogP contribution >= 0.6 is 0 Å². The Bertz CT molecular complexity index is 566. The van der Waals surface area contributed by atoms with Gasteiger partial charge in [0.05, 0.1) is 6.10 Å². The molecule has 0 amide bonds. The van der Waals surface area contributed by atoms with Crippen molar-refractivity contribution in [3.8, 4) is 0 Å². The van der Waals surface area contributed by atoms with Crippen LogP contribution in [-0.2, 0) is 9.53 Å². The van der Waals surface area contributed by atoms with Crippen molar-refractivity contribution in [2.45, 2.75) is 90.4 Å². The normalized spacial score (nSPS) is 53.3. The van der Waals surface area contributed by atoms with Gasteiger partial charge in [-0.25, -0.2) is 0 Å². The topological polar surface area (TPSA) is 58.6 Å². The lowest BCUT2D eigenvalue weighted by molar-refractivity contribution is -0.159. The number of ether oxygens (including phenoxy) is 1. The maximum Gasteiger partial charge on any atom is 0.302 e. The summed E-state index contributed by atoms with van der Waals surface area (Å²) in [6, 6.07) is 0.249. The number of fused-ring (bicyclic) bond motifs is 5. The number of nitrogens with one attached hydrogen (secondary N) is 1. The van der Waals surface area contributed by atoms with Gasteiger partial charge in [-0.2, -0.15) is 0 Å². The number of aliphatic hydroxyl groups excluding tert-OH is 1. The van der Waals surface area contributed by atoms with E-state index >= 15 is 0 Å².